The summed E-state index contributed by atoms with van der Waals surface area (Å²) in [4.78, 5) is 13.2. The number of piperidine rings is 1. The van der Waals surface area contributed by atoms with Crippen molar-refractivity contribution < 1.29 is 9.18 Å². The highest BCUT2D eigenvalue weighted by molar-refractivity contribution is 5.92. The minimum Gasteiger partial charge on any atom is -0.366 e. The number of halogens is 1. The lowest BCUT2D eigenvalue weighted by Gasteiger charge is -2.34. The fraction of sp³-hybridized carbons (Fsp3) is 0.533. The van der Waals surface area contributed by atoms with Crippen LogP contribution in [0.15, 0.2) is 18.2 Å². The second-order valence-corrected chi connectivity index (χ2v) is 5.67. The van der Waals surface area contributed by atoms with E-state index in [-0.39, 0.29) is 17.4 Å². The minimum atomic E-state index is -0.606. The van der Waals surface area contributed by atoms with E-state index in [1.807, 2.05) is 6.92 Å². The number of primary amides is 1. The summed E-state index contributed by atoms with van der Waals surface area (Å²) < 4.78 is 14.0. The average molecular weight is 279 g/mol. The maximum absolute atomic E-state index is 14.0. The molecule has 0 spiro atoms. The first-order valence-corrected chi connectivity index (χ1v) is 7.03. The number of hydrogen-bond donors (Lipinski definition) is 2. The number of hydrogen-bond acceptors (Lipinski definition) is 3. The minimum absolute atomic E-state index is 0.167. The molecule has 0 bridgehead atoms. The van der Waals surface area contributed by atoms with Crippen LogP contribution in [0.1, 0.15) is 35.7 Å². The highest BCUT2D eigenvalue weighted by Crippen LogP contribution is 2.21. The summed E-state index contributed by atoms with van der Waals surface area (Å²) in [6.07, 6.45) is 2.23. The highest BCUT2D eigenvalue weighted by Gasteiger charge is 2.23. The van der Waals surface area contributed by atoms with Gasteiger partial charge in [0.2, 0.25) is 5.91 Å². The molecule has 1 fully saturated rings. The Morgan fingerprint density at radius 1 is 1.55 bits per heavy atom. The summed E-state index contributed by atoms with van der Waals surface area (Å²) in [5.74, 6) is -0.508. The predicted molar refractivity (Wildman–Crippen MR) is 76.6 cm³/mol. The number of carbonyl (C=O) groups is 1. The molecule has 5 heteroatoms. The molecule has 110 valence electrons. The molecule has 0 saturated carbocycles. The lowest BCUT2D eigenvalue weighted by molar-refractivity contribution is 0.0999. The molecule has 0 aliphatic carbocycles. The molecule has 2 atom stereocenters. The first-order valence-electron chi connectivity index (χ1n) is 7.03. The maximum atomic E-state index is 14.0. The van der Waals surface area contributed by atoms with E-state index in [2.05, 4.69) is 4.90 Å². The van der Waals surface area contributed by atoms with Crippen LogP contribution < -0.4 is 11.5 Å². The zero-order valence-corrected chi connectivity index (χ0v) is 11.8. The fourth-order valence-corrected chi connectivity index (χ4v) is 2.73. The van der Waals surface area contributed by atoms with Crippen molar-refractivity contribution in [1.82, 2.24) is 4.90 Å². The second kappa shape index (κ2) is 6.33. The molecule has 2 unspecified atom stereocenters. The molecule has 1 aliphatic rings. The Hall–Kier alpha value is -1.46. The number of nitrogens with two attached hydrogens (primary N) is 2. The van der Waals surface area contributed by atoms with E-state index in [1.165, 1.54) is 6.07 Å². The van der Waals surface area contributed by atoms with Crippen LogP contribution in [0.3, 0.4) is 0 Å². The summed E-state index contributed by atoms with van der Waals surface area (Å²) in [7, 11) is 0. The van der Waals surface area contributed by atoms with E-state index >= 15 is 0 Å². The number of rotatable bonds is 4. The first kappa shape index (κ1) is 14.9. The predicted octanol–water partition coefficient (Wildman–Crippen LogP) is 1.48. The number of benzene rings is 1. The van der Waals surface area contributed by atoms with Gasteiger partial charge < -0.3 is 11.5 Å². The summed E-state index contributed by atoms with van der Waals surface area (Å²) >= 11 is 0. The first-order chi connectivity index (χ1) is 9.47. The fourth-order valence-electron chi connectivity index (χ4n) is 2.73. The molecule has 1 saturated heterocycles. The van der Waals surface area contributed by atoms with Crippen molar-refractivity contribution in [3.63, 3.8) is 0 Å². The summed E-state index contributed by atoms with van der Waals surface area (Å²) in [5.41, 5.74) is 11.9. The molecule has 1 aromatic rings. The lowest BCUT2D eigenvalue weighted by Crippen LogP contribution is -2.42. The molecule has 1 heterocycles. The van der Waals surface area contributed by atoms with Crippen LogP contribution in [-0.4, -0.2) is 29.9 Å². The SMILES string of the molecule is CC(N)C1CCCN(Cc2ccc(C(N)=O)cc2F)C1. The zero-order valence-electron chi connectivity index (χ0n) is 11.8. The van der Waals surface area contributed by atoms with E-state index < -0.39 is 5.91 Å². The van der Waals surface area contributed by atoms with Crippen LogP contribution in [0, 0.1) is 11.7 Å². The molecule has 2 rings (SSSR count). The molecule has 1 aromatic carbocycles. The van der Waals surface area contributed by atoms with E-state index in [0.29, 0.717) is 18.0 Å². The molecule has 20 heavy (non-hydrogen) atoms. The molecule has 0 aromatic heterocycles. The van der Waals surface area contributed by atoms with Gasteiger partial charge in [-0.05, 0) is 44.4 Å². The number of nitrogens with zero attached hydrogens (tertiary/aromatic N) is 1. The Balaban J connectivity index is 2.04. The van der Waals surface area contributed by atoms with Gasteiger partial charge in [0.15, 0.2) is 0 Å². The molecular formula is C15H22FN3O. The Bertz CT molecular complexity index is 490. The van der Waals surface area contributed by atoms with Crippen LogP contribution in [0.5, 0.6) is 0 Å². The van der Waals surface area contributed by atoms with Gasteiger partial charge in [0.05, 0.1) is 0 Å². The van der Waals surface area contributed by atoms with Crippen molar-refractivity contribution >= 4 is 5.91 Å². The Morgan fingerprint density at radius 3 is 2.90 bits per heavy atom. The van der Waals surface area contributed by atoms with E-state index in [9.17, 15) is 9.18 Å². The van der Waals surface area contributed by atoms with Crippen molar-refractivity contribution in [2.45, 2.75) is 32.4 Å². The van der Waals surface area contributed by atoms with Gasteiger partial charge in [0, 0.05) is 30.3 Å². The lowest BCUT2D eigenvalue weighted by atomic mass is 9.92. The van der Waals surface area contributed by atoms with Crippen molar-refractivity contribution in [2.24, 2.45) is 17.4 Å². The van der Waals surface area contributed by atoms with Crippen molar-refractivity contribution in [2.75, 3.05) is 13.1 Å². The largest absolute Gasteiger partial charge is 0.366 e. The molecular weight excluding hydrogens is 257 g/mol. The van der Waals surface area contributed by atoms with Crippen LogP contribution in [-0.2, 0) is 6.54 Å². The molecule has 1 amide bonds. The topological polar surface area (TPSA) is 72.3 Å². The number of carbonyl (C=O) groups excluding carboxylic acids is 1. The third kappa shape index (κ3) is 3.55. The maximum Gasteiger partial charge on any atom is 0.248 e. The summed E-state index contributed by atoms with van der Waals surface area (Å²) in [6, 6.07) is 4.60. The zero-order chi connectivity index (χ0) is 14.7. The van der Waals surface area contributed by atoms with E-state index in [1.54, 1.807) is 12.1 Å². The third-order valence-electron chi connectivity index (χ3n) is 4.02. The molecule has 1 aliphatic heterocycles. The number of amides is 1. The van der Waals surface area contributed by atoms with Gasteiger partial charge in [-0.15, -0.1) is 0 Å². The van der Waals surface area contributed by atoms with Gasteiger partial charge in [-0.1, -0.05) is 6.07 Å². The van der Waals surface area contributed by atoms with Gasteiger partial charge >= 0.3 is 0 Å². The molecule has 4 N–H and O–H groups in total. The van der Waals surface area contributed by atoms with E-state index in [4.69, 9.17) is 11.5 Å². The van der Waals surface area contributed by atoms with Crippen LogP contribution in [0.2, 0.25) is 0 Å². The van der Waals surface area contributed by atoms with E-state index in [0.717, 1.165) is 25.9 Å². The number of likely N-dealkylation sites (tertiary alicyclic amines) is 1. The Kier molecular flexibility index (Phi) is 4.73. The third-order valence-corrected chi connectivity index (χ3v) is 4.02. The summed E-state index contributed by atoms with van der Waals surface area (Å²) in [5, 5.41) is 0. The van der Waals surface area contributed by atoms with Gasteiger partial charge in [-0.3, -0.25) is 9.69 Å². The van der Waals surface area contributed by atoms with Crippen molar-refractivity contribution in [3.8, 4) is 0 Å². The van der Waals surface area contributed by atoms with Gasteiger partial charge in [0.25, 0.3) is 0 Å². The Labute approximate surface area is 118 Å². The molecule has 0 radical (unpaired) electrons. The van der Waals surface area contributed by atoms with Crippen LogP contribution in [0.4, 0.5) is 4.39 Å². The summed E-state index contributed by atoms with van der Waals surface area (Å²) in [6.45, 7) is 4.43. The van der Waals surface area contributed by atoms with Crippen LogP contribution >= 0.6 is 0 Å². The Morgan fingerprint density at radius 2 is 2.30 bits per heavy atom. The second-order valence-electron chi connectivity index (χ2n) is 5.67. The van der Waals surface area contributed by atoms with Gasteiger partial charge in [0.1, 0.15) is 5.82 Å². The quantitative estimate of drug-likeness (QED) is 0.877. The highest BCUT2D eigenvalue weighted by atomic mass is 19.1. The van der Waals surface area contributed by atoms with Gasteiger partial charge in [-0.2, -0.15) is 0 Å². The van der Waals surface area contributed by atoms with Crippen molar-refractivity contribution in [3.05, 3.63) is 35.1 Å². The van der Waals surface area contributed by atoms with Crippen LogP contribution in [0.25, 0.3) is 0 Å². The average Bonchev–Trinajstić information content (AvgIpc) is 2.41. The normalized spacial score (nSPS) is 21.6. The van der Waals surface area contributed by atoms with Gasteiger partial charge in [-0.25, -0.2) is 4.39 Å². The molecule has 4 nitrogen and oxygen atoms in total. The monoisotopic (exact) mass is 279 g/mol. The van der Waals surface area contributed by atoms with Crippen molar-refractivity contribution in [1.29, 1.82) is 0 Å². The smallest absolute Gasteiger partial charge is 0.248 e. The standard InChI is InChI=1S/C15H22FN3O/c1-10(17)12-3-2-6-19(8-12)9-13-5-4-11(15(18)20)7-14(13)16/h4-5,7,10,12H,2-3,6,8-9,17H2,1H3,(H2,18,20).